The zero-order valence-electron chi connectivity index (χ0n) is 11.9. The molecule has 21 heavy (non-hydrogen) atoms. The quantitative estimate of drug-likeness (QED) is 0.810. The Balaban J connectivity index is 2.41. The normalized spacial score (nSPS) is 18.3. The largest absolute Gasteiger partial charge is 0.476 e. The first-order valence-electron chi connectivity index (χ1n) is 6.39. The Kier molecular flexibility index (Phi) is 4.26. The van der Waals surface area contributed by atoms with Gasteiger partial charge in [-0.25, -0.2) is 0 Å². The Bertz CT molecular complexity index is 565. The van der Waals surface area contributed by atoms with Gasteiger partial charge in [0.1, 0.15) is 5.75 Å². The minimum atomic E-state index is -4.43. The maximum Gasteiger partial charge on any atom is 0.429 e. The van der Waals surface area contributed by atoms with Crippen LogP contribution in [-0.2, 0) is 10.2 Å². The second-order valence-corrected chi connectivity index (χ2v) is 6.03. The number of hydrogen-bond donors (Lipinski definition) is 0. The first kappa shape index (κ1) is 16.2. The molecular weight excluding hydrogens is 305 g/mol. The van der Waals surface area contributed by atoms with Crippen molar-refractivity contribution in [1.82, 2.24) is 0 Å². The van der Waals surface area contributed by atoms with Crippen LogP contribution in [0.25, 0.3) is 6.08 Å². The summed E-state index contributed by atoms with van der Waals surface area (Å²) in [4.78, 5) is 0. The Labute approximate surface area is 126 Å². The molecule has 0 aromatic heterocycles. The van der Waals surface area contributed by atoms with Crippen molar-refractivity contribution in [2.75, 3.05) is 13.7 Å². The first-order valence-corrected chi connectivity index (χ1v) is 6.77. The monoisotopic (exact) mass is 320 g/mol. The van der Waals surface area contributed by atoms with E-state index in [2.05, 4.69) is 0 Å². The standard InChI is InChI=1S/C15H16ClF3O2/c1-14(2,8-20-3)10-7-12-9(6-11(10)16)4-5-13(21-12)15(17,18)19/h4-7,13H,8H2,1-3H3. The van der Waals surface area contributed by atoms with Crippen LogP contribution in [0.15, 0.2) is 18.2 Å². The van der Waals surface area contributed by atoms with Crippen molar-refractivity contribution in [2.24, 2.45) is 0 Å². The van der Waals surface area contributed by atoms with Crippen molar-refractivity contribution in [2.45, 2.75) is 31.5 Å². The summed E-state index contributed by atoms with van der Waals surface area (Å²) in [5.41, 5.74) is 0.803. The second-order valence-electron chi connectivity index (χ2n) is 5.63. The molecule has 1 aliphatic rings. The van der Waals surface area contributed by atoms with Gasteiger partial charge in [0.15, 0.2) is 0 Å². The third kappa shape index (κ3) is 3.35. The lowest BCUT2D eigenvalue weighted by Gasteiger charge is -2.29. The Morgan fingerprint density at radius 2 is 1.95 bits per heavy atom. The highest BCUT2D eigenvalue weighted by Gasteiger charge is 2.41. The number of hydrogen-bond acceptors (Lipinski definition) is 2. The van der Waals surface area contributed by atoms with Crippen LogP contribution in [0.4, 0.5) is 13.2 Å². The fourth-order valence-corrected chi connectivity index (χ4v) is 2.73. The fourth-order valence-electron chi connectivity index (χ4n) is 2.30. The molecule has 0 spiro atoms. The SMILES string of the molecule is COCC(C)(C)c1cc2c(cc1Cl)C=CC(C(F)(F)F)O2. The molecule has 0 saturated carbocycles. The lowest BCUT2D eigenvalue weighted by molar-refractivity contribution is -0.180. The summed E-state index contributed by atoms with van der Waals surface area (Å²) in [6, 6.07) is 3.19. The van der Waals surface area contributed by atoms with Crippen LogP contribution >= 0.6 is 11.6 Å². The van der Waals surface area contributed by atoms with Crippen LogP contribution in [0.3, 0.4) is 0 Å². The average molecular weight is 321 g/mol. The second kappa shape index (κ2) is 5.54. The molecule has 0 bridgehead atoms. The van der Waals surface area contributed by atoms with Crippen LogP contribution in [-0.4, -0.2) is 26.0 Å². The van der Waals surface area contributed by atoms with Crippen molar-refractivity contribution in [3.05, 3.63) is 34.4 Å². The lowest BCUT2D eigenvalue weighted by atomic mass is 9.84. The van der Waals surface area contributed by atoms with E-state index in [9.17, 15) is 13.2 Å². The van der Waals surface area contributed by atoms with Gasteiger partial charge in [0.25, 0.3) is 0 Å². The molecule has 0 radical (unpaired) electrons. The van der Waals surface area contributed by atoms with E-state index in [1.165, 1.54) is 6.08 Å². The minimum Gasteiger partial charge on any atom is -0.476 e. The predicted molar refractivity (Wildman–Crippen MR) is 75.9 cm³/mol. The Morgan fingerprint density at radius 1 is 1.29 bits per heavy atom. The molecule has 1 aliphatic heterocycles. The number of ether oxygens (including phenoxy) is 2. The van der Waals surface area contributed by atoms with E-state index in [0.29, 0.717) is 22.8 Å². The fraction of sp³-hybridized carbons (Fsp3) is 0.467. The Morgan fingerprint density at radius 3 is 2.52 bits per heavy atom. The maximum absolute atomic E-state index is 12.7. The molecule has 2 nitrogen and oxygen atoms in total. The van der Waals surface area contributed by atoms with Gasteiger partial charge in [0.2, 0.25) is 6.10 Å². The van der Waals surface area contributed by atoms with E-state index in [4.69, 9.17) is 21.1 Å². The highest BCUT2D eigenvalue weighted by atomic mass is 35.5. The maximum atomic E-state index is 12.7. The topological polar surface area (TPSA) is 18.5 Å². The van der Waals surface area contributed by atoms with Crippen molar-refractivity contribution in [1.29, 1.82) is 0 Å². The zero-order chi connectivity index (χ0) is 15.8. The van der Waals surface area contributed by atoms with E-state index in [1.807, 2.05) is 13.8 Å². The van der Waals surface area contributed by atoms with Crippen molar-refractivity contribution >= 4 is 17.7 Å². The molecule has 0 N–H and O–H groups in total. The molecule has 1 aromatic carbocycles. The van der Waals surface area contributed by atoms with Crippen LogP contribution < -0.4 is 4.74 Å². The lowest BCUT2D eigenvalue weighted by Crippen LogP contribution is -2.34. The summed E-state index contributed by atoms with van der Waals surface area (Å²) < 4.78 is 48.4. The van der Waals surface area contributed by atoms with Crippen molar-refractivity contribution in [3.8, 4) is 5.75 Å². The summed E-state index contributed by atoms with van der Waals surface area (Å²) in [5, 5.41) is 0.481. The average Bonchev–Trinajstić information content (AvgIpc) is 2.36. The molecule has 1 aromatic rings. The van der Waals surface area contributed by atoms with E-state index < -0.39 is 17.7 Å². The van der Waals surface area contributed by atoms with Crippen molar-refractivity contribution in [3.63, 3.8) is 0 Å². The summed E-state index contributed by atoms with van der Waals surface area (Å²) in [5.74, 6) is 0.184. The van der Waals surface area contributed by atoms with Gasteiger partial charge in [-0.2, -0.15) is 13.2 Å². The molecule has 1 atom stereocenters. The smallest absolute Gasteiger partial charge is 0.429 e. The van der Waals surface area contributed by atoms with Gasteiger partial charge in [0, 0.05) is 23.1 Å². The molecule has 6 heteroatoms. The zero-order valence-corrected chi connectivity index (χ0v) is 12.7. The van der Waals surface area contributed by atoms with E-state index in [-0.39, 0.29) is 5.75 Å². The van der Waals surface area contributed by atoms with Crippen LogP contribution in [0.1, 0.15) is 25.0 Å². The molecule has 2 rings (SSSR count). The van der Waals surface area contributed by atoms with E-state index in [1.54, 1.807) is 19.2 Å². The van der Waals surface area contributed by atoms with E-state index in [0.717, 1.165) is 6.08 Å². The molecule has 0 saturated heterocycles. The van der Waals surface area contributed by atoms with Crippen LogP contribution in [0.2, 0.25) is 5.02 Å². The first-order chi connectivity index (χ1) is 9.65. The summed E-state index contributed by atoms with van der Waals surface area (Å²) in [7, 11) is 1.56. The van der Waals surface area contributed by atoms with Crippen molar-refractivity contribution < 1.29 is 22.6 Å². The number of halogens is 4. The highest BCUT2D eigenvalue weighted by Crippen LogP contribution is 2.39. The van der Waals surface area contributed by atoms with Gasteiger partial charge >= 0.3 is 6.18 Å². The van der Waals surface area contributed by atoms with Gasteiger partial charge in [-0.05, 0) is 23.8 Å². The summed E-state index contributed by atoms with van der Waals surface area (Å²) >= 11 is 6.24. The molecule has 0 aliphatic carbocycles. The number of alkyl halides is 3. The third-order valence-electron chi connectivity index (χ3n) is 3.36. The van der Waals surface area contributed by atoms with Gasteiger partial charge in [0.05, 0.1) is 6.61 Å². The molecule has 1 unspecified atom stereocenters. The van der Waals surface area contributed by atoms with Gasteiger partial charge in [-0.1, -0.05) is 31.5 Å². The predicted octanol–water partition coefficient (Wildman–Crippen LogP) is 4.60. The number of methoxy groups -OCH3 is 1. The summed E-state index contributed by atoms with van der Waals surface area (Å²) in [6.07, 6.45) is -3.99. The molecular formula is C15H16ClF3O2. The number of rotatable bonds is 3. The molecule has 0 amide bonds. The minimum absolute atomic E-state index is 0.184. The highest BCUT2D eigenvalue weighted by molar-refractivity contribution is 6.31. The molecule has 116 valence electrons. The number of fused-ring (bicyclic) bond motifs is 1. The molecule has 0 fully saturated rings. The summed E-state index contributed by atoms with van der Waals surface area (Å²) in [6.45, 7) is 4.21. The van der Waals surface area contributed by atoms with E-state index >= 15 is 0 Å². The van der Waals surface area contributed by atoms with Gasteiger partial charge in [-0.3, -0.25) is 0 Å². The third-order valence-corrected chi connectivity index (χ3v) is 3.67. The van der Waals surface area contributed by atoms with Crippen LogP contribution in [0, 0.1) is 0 Å². The van der Waals surface area contributed by atoms with Gasteiger partial charge in [-0.15, -0.1) is 0 Å². The molecule has 1 heterocycles. The van der Waals surface area contributed by atoms with Gasteiger partial charge < -0.3 is 9.47 Å². The number of benzene rings is 1. The van der Waals surface area contributed by atoms with Crippen LogP contribution in [0.5, 0.6) is 5.75 Å². The Hall–Kier alpha value is -1.20.